The third-order valence-electron chi connectivity index (χ3n) is 6.09. The molecule has 2 aromatic rings. The molecule has 0 radical (unpaired) electrons. The first-order valence-electron chi connectivity index (χ1n) is 15.6. The molecule has 0 fully saturated rings. The minimum atomic E-state index is -10.7. The Bertz CT molecular complexity index is 1480. The van der Waals surface area contributed by atoms with Gasteiger partial charge in [-0.15, -0.1) is 0 Å². The van der Waals surface area contributed by atoms with Gasteiger partial charge in [0.05, 0.1) is 20.8 Å². The standard InChI is InChI=1S/C34H49INO8.F6P/c1-22-19-26(35-24-13-15-25(16-14-24)42-18-17-32(2,3)4)23(21-28(22)40-11)20-27(29(37)41-12)36(30(38)43-33(5,6)7)31(39)44-34(8,9)10;1-7(2,3,4,5)6/h13-16,19,21,27H,17-18,20H2,1-12H3;/q+1;-1/t27-;/m0./s1. The summed E-state index contributed by atoms with van der Waals surface area (Å²) >= 11 is -0.740. The van der Waals surface area contributed by atoms with Crippen molar-refractivity contribution < 1.29 is 84.5 Å². The predicted molar refractivity (Wildman–Crippen MR) is 179 cm³/mol. The summed E-state index contributed by atoms with van der Waals surface area (Å²) in [5.74, 6) is 0.659. The summed E-state index contributed by atoms with van der Waals surface area (Å²) in [6.45, 7) is 19.2. The van der Waals surface area contributed by atoms with Gasteiger partial charge in [0.25, 0.3) is 0 Å². The predicted octanol–water partition coefficient (Wildman–Crippen LogP) is 7.59. The van der Waals surface area contributed by atoms with Crippen LogP contribution in [-0.4, -0.2) is 61.1 Å². The number of methoxy groups -OCH3 is 2. The fourth-order valence-corrected chi connectivity index (χ4v) is 6.66. The van der Waals surface area contributed by atoms with Crippen LogP contribution in [0.5, 0.6) is 11.5 Å². The van der Waals surface area contributed by atoms with Gasteiger partial charge in [0.2, 0.25) is 0 Å². The van der Waals surface area contributed by atoms with Crippen LogP contribution in [-0.2, 0) is 25.4 Å². The van der Waals surface area contributed by atoms with Crippen LogP contribution in [0.4, 0.5) is 34.8 Å². The molecule has 9 nitrogen and oxygen atoms in total. The fourth-order valence-electron chi connectivity index (χ4n) is 3.92. The van der Waals surface area contributed by atoms with Crippen molar-refractivity contribution in [1.29, 1.82) is 0 Å². The third kappa shape index (κ3) is 20.6. The molecular weight excluding hydrogens is 822 g/mol. The number of aryl methyl sites for hydroxylation is 1. The zero-order valence-corrected chi connectivity index (χ0v) is 34.0. The molecule has 0 aliphatic rings. The monoisotopic (exact) mass is 871 g/mol. The molecule has 2 aromatic carbocycles. The van der Waals surface area contributed by atoms with Crippen LogP contribution in [0, 0.1) is 19.5 Å². The second kappa shape index (κ2) is 16.3. The van der Waals surface area contributed by atoms with Gasteiger partial charge >= 0.3 is 72.4 Å². The van der Waals surface area contributed by atoms with Crippen LogP contribution in [0.1, 0.15) is 79.9 Å². The van der Waals surface area contributed by atoms with Crippen molar-refractivity contribution in [3.05, 3.63) is 54.7 Å². The van der Waals surface area contributed by atoms with Gasteiger partial charge in [0.1, 0.15) is 28.7 Å². The summed E-state index contributed by atoms with van der Waals surface area (Å²) in [5, 5.41) is 0. The SMILES string of the molecule is COC(=O)[C@H](Cc1cc(OC)c(C)cc1[I+]c1ccc(OCCC(C)(C)C)cc1)N(C(=O)OC(C)(C)C)C(=O)OC(C)(C)C.F[P-](F)(F)(F)(F)F. The first-order chi connectivity index (χ1) is 22.7. The first kappa shape index (κ1) is 46.0. The molecule has 17 heteroatoms. The van der Waals surface area contributed by atoms with Gasteiger partial charge in [-0.25, -0.2) is 14.4 Å². The van der Waals surface area contributed by atoms with Crippen molar-refractivity contribution in [2.24, 2.45) is 5.41 Å². The summed E-state index contributed by atoms with van der Waals surface area (Å²) in [6, 6.07) is 10.6. The molecule has 0 aliphatic heterocycles. The number of benzene rings is 2. The van der Waals surface area contributed by atoms with E-state index in [9.17, 15) is 39.6 Å². The molecule has 0 aromatic heterocycles. The van der Waals surface area contributed by atoms with E-state index >= 15 is 0 Å². The maximum atomic E-state index is 13.4. The quantitative estimate of drug-likeness (QED) is 0.0793. The van der Waals surface area contributed by atoms with Gasteiger partial charge < -0.3 is 23.7 Å². The van der Waals surface area contributed by atoms with E-state index in [0.717, 1.165) is 35.3 Å². The van der Waals surface area contributed by atoms with Gasteiger partial charge in [0, 0.05) is 12.0 Å². The number of halogens is 7. The average molecular weight is 872 g/mol. The molecule has 0 saturated carbocycles. The molecule has 0 spiro atoms. The zero-order valence-electron chi connectivity index (χ0n) is 31.0. The van der Waals surface area contributed by atoms with Crippen LogP contribution in [0.25, 0.3) is 0 Å². The van der Waals surface area contributed by atoms with Crippen LogP contribution in [0.3, 0.4) is 0 Å². The van der Waals surface area contributed by atoms with E-state index in [0.29, 0.717) is 12.4 Å². The van der Waals surface area contributed by atoms with E-state index < -0.39 is 64.4 Å². The summed E-state index contributed by atoms with van der Waals surface area (Å²) in [5.41, 5.74) is 0.0185. The van der Waals surface area contributed by atoms with Crippen LogP contribution in [0.2, 0.25) is 0 Å². The van der Waals surface area contributed by atoms with E-state index in [1.165, 1.54) is 7.11 Å². The molecule has 0 bridgehead atoms. The van der Waals surface area contributed by atoms with Crippen molar-refractivity contribution >= 4 is 26.0 Å². The Morgan fingerprint density at radius 3 is 1.67 bits per heavy atom. The molecular formula is C34H49F6INO8P. The number of hydrogen-bond acceptors (Lipinski definition) is 8. The van der Waals surface area contributed by atoms with E-state index in [1.807, 2.05) is 31.2 Å². The number of esters is 1. The average Bonchev–Trinajstić information content (AvgIpc) is 2.90. The Morgan fingerprint density at radius 1 is 0.804 bits per heavy atom. The molecule has 51 heavy (non-hydrogen) atoms. The second-order valence-electron chi connectivity index (χ2n) is 14.7. The third-order valence-corrected chi connectivity index (χ3v) is 9.02. The Labute approximate surface area is 306 Å². The van der Waals surface area contributed by atoms with Crippen molar-refractivity contribution in [3.63, 3.8) is 0 Å². The van der Waals surface area contributed by atoms with Crippen LogP contribution < -0.4 is 30.7 Å². The topological polar surface area (TPSA) is 101 Å². The molecule has 0 unspecified atom stereocenters. The maximum absolute atomic E-state index is 13.4. The van der Waals surface area contributed by atoms with E-state index in [4.69, 9.17) is 23.7 Å². The fraction of sp³-hybridized carbons (Fsp3) is 0.559. The van der Waals surface area contributed by atoms with Crippen molar-refractivity contribution in [2.75, 3.05) is 20.8 Å². The van der Waals surface area contributed by atoms with Crippen molar-refractivity contribution in [1.82, 2.24) is 4.90 Å². The number of ether oxygens (including phenoxy) is 5. The molecule has 1 atom stereocenters. The van der Waals surface area contributed by atoms with Gasteiger partial charge in [0.15, 0.2) is 7.14 Å². The van der Waals surface area contributed by atoms with Crippen molar-refractivity contribution in [2.45, 2.75) is 99.3 Å². The van der Waals surface area contributed by atoms with Crippen LogP contribution >= 0.6 is 7.81 Å². The molecule has 0 aliphatic carbocycles. The molecule has 0 heterocycles. The van der Waals surface area contributed by atoms with Gasteiger partial charge in [-0.2, -0.15) is 4.90 Å². The Balaban J connectivity index is 0.00000167. The minimum absolute atomic E-state index is 0.0230. The van der Waals surface area contributed by atoms with E-state index in [1.54, 1.807) is 48.7 Å². The van der Waals surface area contributed by atoms with E-state index in [-0.39, 0.29) is 11.8 Å². The summed E-state index contributed by atoms with van der Waals surface area (Å²) in [6.07, 6.45) is -1.08. The number of amides is 2. The van der Waals surface area contributed by atoms with Crippen LogP contribution in [0.15, 0.2) is 36.4 Å². The Morgan fingerprint density at radius 2 is 1.27 bits per heavy atom. The summed E-state index contributed by atoms with van der Waals surface area (Å²) < 4.78 is 89.1. The number of hydrogen-bond donors (Lipinski definition) is 0. The molecule has 0 saturated heterocycles. The summed E-state index contributed by atoms with van der Waals surface area (Å²) in [7, 11) is -7.87. The van der Waals surface area contributed by atoms with E-state index in [2.05, 4.69) is 32.9 Å². The van der Waals surface area contributed by atoms with Gasteiger partial charge in [-0.05, 0) is 102 Å². The second-order valence-corrected chi connectivity index (χ2v) is 19.5. The molecule has 2 rings (SSSR count). The van der Waals surface area contributed by atoms with Gasteiger partial charge in [-0.1, -0.05) is 20.8 Å². The Kier molecular flexibility index (Phi) is 14.7. The number of carbonyl (C=O) groups excluding carboxylic acids is 3. The molecule has 0 N–H and O–H groups in total. The molecule has 2 amide bonds. The van der Waals surface area contributed by atoms with Crippen molar-refractivity contribution in [3.8, 4) is 11.5 Å². The number of nitrogens with zero attached hydrogens (tertiary/aromatic N) is 1. The Hall–Kier alpha value is -3.01. The normalized spacial score (nSPS) is 14.1. The zero-order chi connectivity index (χ0) is 39.9. The summed E-state index contributed by atoms with van der Waals surface area (Å²) in [4.78, 5) is 40.8. The number of carbonyl (C=O) groups is 3. The van der Waals surface area contributed by atoms with Gasteiger partial charge in [-0.3, -0.25) is 0 Å². The molecule has 292 valence electrons. The number of rotatable bonds is 10. The first-order valence-corrected chi connectivity index (χ1v) is 19.8. The number of imide groups is 1.